The van der Waals surface area contributed by atoms with Gasteiger partial charge in [-0.15, -0.1) is 0 Å². The highest BCUT2D eigenvalue weighted by Gasteiger charge is 2.47. The number of nitrogens with zero attached hydrogens (tertiary/aromatic N) is 4. The number of likely N-dealkylation sites (tertiary alicyclic amines) is 1. The van der Waals surface area contributed by atoms with Gasteiger partial charge in [-0.1, -0.05) is 30.3 Å². The minimum atomic E-state index is -0.546. The molecule has 0 spiro atoms. The summed E-state index contributed by atoms with van der Waals surface area (Å²) in [5.41, 5.74) is 16.1. The number of rotatable bonds is 5. The number of nitrogens with two attached hydrogens (primary N) is 3. The number of anilines is 1. The Hall–Kier alpha value is -3.40. The zero-order chi connectivity index (χ0) is 24.7. The number of hydrogen-bond acceptors (Lipinski definition) is 7. The second-order valence-electron chi connectivity index (χ2n) is 9.86. The maximum atomic E-state index is 12.1. The predicted molar refractivity (Wildman–Crippen MR) is 137 cm³/mol. The Kier molecular flexibility index (Phi) is 6.00. The number of hydrazine groups is 1. The lowest BCUT2D eigenvalue weighted by molar-refractivity contribution is -0.125. The van der Waals surface area contributed by atoms with Gasteiger partial charge in [0.05, 0.1) is 28.9 Å². The molecule has 1 amide bonds. The van der Waals surface area contributed by atoms with Crippen LogP contribution >= 0.6 is 0 Å². The van der Waals surface area contributed by atoms with Gasteiger partial charge in [0, 0.05) is 30.2 Å². The molecule has 2 aliphatic heterocycles. The van der Waals surface area contributed by atoms with Gasteiger partial charge in [-0.25, -0.2) is 5.84 Å². The van der Waals surface area contributed by atoms with Crippen molar-refractivity contribution in [2.24, 2.45) is 23.2 Å². The first kappa shape index (κ1) is 23.3. The lowest BCUT2D eigenvalue weighted by atomic mass is 9.78. The van der Waals surface area contributed by atoms with Crippen molar-refractivity contribution in [2.75, 3.05) is 18.0 Å². The maximum Gasteiger partial charge on any atom is 0.221 e. The van der Waals surface area contributed by atoms with E-state index >= 15 is 0 Å². The molecule has 5 rings (SSSR count). The van der Waals surface area contributed by atoms with Crippen LogP contribution in [0.15, 0.2) is 66.5 Å². The summed E-state index contributed by atoms with van der Waals surface area (Å²) in [5, 5.41) is 9.85. The molecule has 3 aromatic rings. The Labute approximate surface area is 205 Å². The molecule has 0 aliphatic carbocycles. The molecule has 9 nitrogen and oxygen atoms in total. The number of carbonyl (C=O) groups excluding carboxylic acids is 1. The highest BCUT2D eigenvalue weighted by atomic mass is 16.1. The van der Waals surface area contributed by atoms with Gasteiger partial charge in [0.25, 0.3) is 0 Å². The third-order valence-electron chi connectivity index (χ3n) is 7.86. The second-order valence-corrected chi connectivity index (χ2v) is 9.86. The SMILES string of the molecule is C[C@H](c1ccccc1)N1C[C@@H](C(N)=O)CC[C@]1(C)C1=CCN(c2ccc3cn[nH]c3c2)C(N)N1N. The van der Waals surface area contributed by atoms with Crippen molar-refractivity contribution < 1.29 is 4.79 Å². The Balaban J connectivity index is 1.48. The van der Waals surface area contributed by atoms with Crippen LogP contribution in [0.25, 0.3) is 10.9 Å². The van der Waals surface area contributed by atoms with E-state index < -0.39 is 11.8 Å². The van der Waals surface area contributed by atoms with Gasteiger partial charge < -0.3 is 10.6 Å². The van der Waals surface area contributed by atoms with Gasteiger partial charge in [-0.2, -0.15) is 5.10 Å². The maximum absolute atomic E-state index is 12.1. The first-order chi connectivity index (χ1) is 16.8. The van der Waals surface area contributed by atoms with Crippen LogP contribution in [0.3, 0.4) is 0 Å². The molecule has 2 aliphatic rings. The summed E-state index contributed by atoms with van der Waals surface area (Å²) in [7, 11) is 0. The van der Waals surface area contributed by atoms with Crippen LogP contribution in [0.4, 0.5) is 5.69 Å². The monoisotopic (exact) mass is 474 g/mol. The molecule has 9 heteroatoms. The van der Waals surface area contributed by atoms with Gasteiger partial charge in [-0.3, -0.25) is 25.5 Å². The van der Waals surface area contributed by atoms with Crippen LogP contribution in [0, 0.1) is 5.92 Å². The minimum Gasteiger partial charge on any atom is -0.369 e. The number of nitrogens with one attached hydrogen (secondary N) is 1. The zero-order valence-corrected chi connectivity index (χ0v) is 20.3. The lowest BCUT2D eigenvalue weighted by Gasteiger charge is -2.55. The van der Waals surface area contributed by atoms with E-state index in [0.29, 0.717) is 19.5 Å². The van der Waals surface area contributed by atoms with E-state index in [4.69, 9.17) is 17.3 Å². The first-order valence-corrected chi connectivity index (χ1v) is 12.1. The van der Waals surface area contributed by atoms with Gasteiger partial charge in [-0.05, 0) is 56.5 Å². The van der Waals surface area contributed by atoms with Crippen LogP contribution in [-0.2, 0) is 4.79 Å². The van der Waals surface area contributed by atoms with Crippen molar-refractivity contribution in [2.45, 2.75) is 44.6 Å². The van der Waals surface area contributed by atoms with E-state index in [1.54, 1.807) is 11.2 Å². The average molecular weight is 475 g/mol. The Morgan fingerprint density at radius 1 is 1.23 bits per heavy atom. The van der Waals surface area contributed by atoms with Crippen LogP contribution in [0.1, 0.15) is 38.3 Å². The van der Waals surface area contributed by atoms with E-state index in [9.17, 15) is 4.79 Å². The zero-order valence-electron chi connectivity index (χ0n) is 20.3. The smallest absolute Gasteiger partial charge is 0.221 e. The Morgan fingerprint density at radius 3 is 2.74 bits per heavy atom. The fourth-order valence-corrected chi connectivity index (χ4v) is 5.68. The fourth-order valence-electron chi connectivity index (χ4n) is 5.68. The number of amides is 1. The summed E-state index contributed by atoms with van der Waals surface area (Å²) >= 11 is 0. The summed E-state index contributed by atoms with van der Waals surface area (Å²) in [6.45, 7) is 5.57. The number of carbonyl (C=O) groups is 1. The molecule has 1 saturated heterocycles. The summed E-state index contributed by atoms with van der Waals surface area (Å²) in [5.74, 6) is 6.26. The van der Waals surface area contributed by atoms with E-state index in [1.807, 2.05) is 36.4 Å². The molecule has 2 aromatic carbocycles. The summed E-state index contributed by atoms with van der Waals surface area (Å²) in [6, 6.07) is 16.5. The molecule has 0 saturated carbocycles. The number of fused-ring (bicyclic) bond motifs is 1. The van der Waals surface area contributed by atoms with E-state index in [2.05, 4.69) is 52.1 Å². The van der Waals surface area contributed by atoms with Gasteiger partial charge in [0.15, 0.2) is 6.29 Å². The summed E-state index contributed by atoms with van der Waals surface area (Å²) < 4.78 is 0. The Morgan fingerprint density at radius 2 is 2.00 bits per heavy atom. The molecule has 4 atom stereocenters. The number of piperidine rings is 1. The lowest BCUT2D eigenvalue weighted by Crippen LogP contribution is -2.66. The molecular weight excluding hydrogens is 440 g/mol. The van der Waals surface area contributed by atoms with Crippen molar-refractivity contribution in [3.8, 4) is 0 Å². The van der Waals surface area contributed by atoms with Gasteiger partial charge >= 0.3 is 0 Å². The predicted octanol–water partition coefficient (Wildman–Crippen LogP) is 2.40. The highest BCUT2D eigenvalue weighted by molar-refractivity contribution is 5.82. The van der Waals surface area contributed by atoms with Crippen LogP contribution in [-0.4, -0.2) is 50.9 Å². The summed E-state index contributed by atoms with van der Waals surface area (Å²) in [6.07, 6.45) is 4.88. The van der Waals surface area contributed by atoms with Crippen molar-refractivity contribution >= 4 is 22.5 Å². The number of H-pyrrole nitrogens is 1. The van der Waals surface area contributed by atoms with E-state index in [0.717, 1.165) is 28.7 Å². The third-order valence-corrected chi connectivity index (χ3v) is 7.86. The van der Waals surface area contributed by atoms with Crippen LogP contribution in [0.2, 0.25) is 0 Å². The first-order valence-electron chi connectivity index (χ1n) is 12.1. The second kappa shape index (κ2) is 8.99. The van der Waals surface area contributed by atoms with Crippen molar-refractivity contribution in [1.29, 1.82) is 0 Å². The third kappa shape index (κ3) is 4.05. The molecule has 1 aromatic heterocycles. The normalized spacial score (nSPS) is 26.6. The van der Waals surface area contributed by atoms with Crippen molar-refractivity contribution in [3.05, 3.63) is 72.1 Å². The molecule has 1 fully saturated rings. The average Bonchev–Trinajstić information content (AvgIpc) is 3.34. The Bertz CT molecular complexity index is 1240. The molecule has 3 heterocycles. The van der Waals surface area contributed by atoms with E-state index in [1.165, 1.54) is 5.56 Å². The van der Waals surface area contributed by atoms with Crippen LogP contribution in [0.5, 0.6) is 0 Å². The largest absolute Gasteiger partial charge is 0.369 e. The number of benzene rings is 2. The molecule has 0 bridgehead atoms. The van der Waals surface area contributed by atoms with Gasteiger partial charge in [0.2, 0.25) is 5.91 Å². The molecule has 0 radical (unpaired) electrons. The minimum absolute atomic E-state index is 0.0645. The molecule has 35 heavy (non-hydrogen) atoms. The van der Waals surface area contributed by atoms with Crippen molar-refractivity contribution in [3.63, 3.8) is 0 Å². The molecule has 1 unspecified atom stereocenters. The van der Waals surface area contributed by atoms with Crippen LogP contribution < -0.4 is 22.2 Å². The highest BCUT2D eigenvalue weighted by Crippen LogP contribution is 2.43. The molecule has 184 valence electrons. The van der Waals surface area contributed by atoms with Gasteiger partial charge in [0.1, 0.15) is 0 Å². The number of aromatic amines is 1. The van der Waals surface area contributed by atoms with Crippen molar-refractivity contribution in [1.82, 2.24) is 20.1 Å². The quantitative estimate of drug-likeness (QED) is 0.417. The number of hydrogen-bond donors (Lipinski definition) is 4. The van der Waals surface area contributed by atoms with E-state index in [-0.39, 0.29) is 17.9 Å². The molecule has 7 N–H and O–H groups in total. The standard InChI is InChI=1S/C26H34N8O/c1-17(18-6-4-3-5-7-18)33-16-20(24(27)35)10-12-26(33,2)23-11-13-32(25(28)34(23)29)21-9-8-19-15-30-31-22(19)14-21/h3-9,11,14-15,17,20,25H,10,12-13,16,28-29H2,1-2H3,(H2,27,35)(H,30,31)/t17-,20+,25?,26-/m1/s1. The molecular formula is C26H34N8O. The fraction of sp³-hybridized carbons (Fsp3) is 0.385. The summed E-state index contributed by atoms with van der Waals surface area (Å²) in [4.78, 5) is 16.6. The number of aromatic nitrogens is 2. The topological polar surface area (TPSA) is 134 Å². The number of primary amides is 1.